The van der Waals surface area contributed by atoms with Crippen LogP contribution in [0.2, 0.25) is 0 Å². The van der Waals surface area contributed by atoms with Gasteiger partial charge in [-0.25, -0.2) is 4.68 Å². The van der Waals surface area contributed by atoms with Gasteiger partial charge in [0.1, 0.15) is 11.4 Å². The van der Waals surface area contributed by atoms with Crippen molar-refractivity contribution in [1.29, 1.82) is 0 Å². The topological polar surface area (TPSA) is 55.1 Å². The number of aliphatic imine (C=N–C) groups is 1. The number of hydrogen-bond donors (Lipinski definition) is 1. The van der Waals surface area contributed by atoms with E-state index in [-0.39, 0.29) is 0 Å². The van der Waals surface area contributed by atoms with Crippen LogP contribution in [0.5, 0.6) is 0 Å². The molecule has 0 bridgehead atoms. The number of aromatic nitrogens is 3. The van der Waals surface area contributed by atoms with E-state index in [0.29, 0.717) is 0 Å². The van der Waals surface area contributed by atoms with Crippen LogP contribution in [-0.2, 0) is 6.54 Å². The highest BCUT2D eigenvalue weighted by Gasteiger charge is 2.08. The van der Waals surface area contributed by atoms with Gasteiger partial charge in [-0.2, -0.15) is 0 Å². The van der Waals surface area contributed by atoms with Crippen molar-refractivity contribution in [3.63, 3.8) is 0 Å². The molecule has 22 heavy (non-hydrogen) atoms. The van der Waals surface area contributed by atoms with Crippen molar-refractivity contribution in [2.45, 2.75) is 13.0 Å². The largest absolute Gasteiger partial charge is 0.370 e. The van der Waals surface area contributed by atoms with Gasteiger partial charge in [-0.15, -0.1) is 5.10 Å². The van der Waals surface area contributed by atoms with E-state index in [4.69, 9.17) is 0 Å². The zero-order valence-electron chi connectivity index (χ0n) is 12.2. The lowest BCUT2D eigenvalue weighted by molar-refractivity contribution is 0.670. The average Bonchev–Trinajstić information content (AvgIpc) is 3.00. The number of nitrogens with zero attached hydrogens (tertiary/aromatic N) is 4. The Labute approximate surface area is 128 Å². The molecule has 2 heterocycles. The molecule has 1 aromatic heterocycles. The van der Waals surface area contributed by atoms with Crippen molar-refractivity contribution in [1.82, 2.24) is 20.3 Å². The number of amidine groups is 1. The van der Waals surface area contributed by atoms with E-state index in [0.717, 1.165) is 48.5 Å². The average molecular weight is 291 g/mol. The summed E-state index contributed by atoms with van der Waals surface area (Å²) in [6, 6.07) is 16.5. The summed E-state index contributed by atoms with van der Waals surface area (Å²) in [6.07, 6.45) is 1.11. The molecule has 1 aliphatic rings. The molecule has 3 aromatic rings. The third-order valence-electron chi connectivity index (χ3n) is 3.88. The van der Waals surface area contributed by atoms with Crippen molar-refractivity contribution in [3.8, 4) is 0 Å². The number of hydrogen-bond acceptors (Lipinski definition) is 4. The number of fused-ring (bicyclic) bond motifs is 1. The number of benzene rings is 2. The van der Waals surface area contributed by atoms with Gasteiger partial charge in [0.2, 0.25) is 0 Å². The maximum atomic E-state index is 4.52. The van der Waals surface area contributed by atoms with Crippen LogP contribution in [0.15, 0.2) is 53.5 Å². The summed E-state index contributed by atoms with van der Waals surface area (Å²) < 4.78 is 1.93. The molecule has 0 radical (unpaired) electrons. The molecular formula is C17H17N5. The SMILES string of the molecule is c1ccc2c(c1)nnn2Cc1ccc(C2=NCCCN2)cc1. The van der Waals surface area contributed by atoms with E-state index in [1.807, 2.05) is 28.9 Å². The molecule has 5 heteroatoms. The second kappa shape index (κ2) is 5.60. The van der Waals surface area contributed by atoms with Gasteiger partial charge in [0.05, 0.1) is 12.1 Å². The van der Waals surface area contributed by atoms with Crippen LogP contribution in [0, 0.1) is 0 Å². The lowest BCUT2D eigenvalue weighted by atomic mass is 10.1. The maximum Gasteiger partial charge on any atom is 0.128 e. The third kappa shape index (κ3) is 2.45. The molecule has 4 rings (SSSR count). The molecule has 0 fully saturated rings. The first-order valence-electron chi connectivity index (χ1n) is 7.56. The van der Waals surface area contributed by atoms with Gasteiger partial charge in [0, 0.05) is 18.7 Å². The minimum absolute atomic E-state index is 0.723. The van der Waals surface area contributed by atoms with E-state index in [1.165, 1.54) is 5.56 Å². The molecule has 5 nitrogen and oxygen atoms in total. The van der Waals surface area contributed by atoms with Gasteiger partial charge >= 0.3 is 0 Å². The fourth-order valence-corrected chi connectivity index (χ4v) is 2.70. The van der Waals surface area contributed by atoms with Gasteiger partial charge in [-0.05, 0) is 24.1 Å². The van der Waals surface area contributed by atoms with E-state index in [2.05, 4.69) is 44.9 Å². The Bertz CT molecular complexity index is 816. The lowest BCUT2D eigenvalue weighted by Gasteiger charge is -2.14. The van der Waals surface area contributed by atoms with E-state index in [9.17, 15) is 0 Å². The van der Waals surface area contributed by atoms with Crippen molar-refractivity contribution in [3.05, 3.63) is 59.7 Å². The number of nitrogens with one attached hydrogen (secondary N) is 1. The monoisotopic (exact) mass is 291 g/mol. The van der Waals surface area contributed by atoms with Crippen LogP contribution in [0.4, 0.5) is 0 Å². The Balaban J connectivity index is 1.57. The highest BCUT2D eigenvalue weighted by molar-refractivity contribution is 5.99. The van der Waals surface area contributed by atoms with Gasteiger partial charge in [0.15, 0.2) is 0 Å². The fourth-order valence-electron chi connectivity index (χ4n) is 2.70. The summed E-state index contributed by atoms with van der Waals surface area (Å²) >= 11 is 0. The van der Waals surface area contributed by atoms with Crippen molar-refractivity contribution in [2.24, 2.45) is 4.99 Å². The summed E-state index contributed by atoms with van der Waals surface area (Å²) in [5.41, 5.74) is 4.34. The zero-order chi connectivity index (χ0) is 14.8. The fraction of sp³-hybridized carbons (Fsp3) is 0.235. The second-order valence-electron chi connectivity index (χ2n) is 5.44. The first-order valence-corrected chi connectivity index (χ1v) is 7.56. The van der Waals surface area contributed by atoms with Crippen LogP contribution in [0.25, 0.3) is 11.0 Å². The predicted molar refractivity (Wildman–Crippen MR) is 87.1 cm³/mol. The summed E-state index contributed by atoms with van der Waals surface area (Å²) in [7, 11) is 0. The minimum Gasteiger partial charge on any atom is -0.370 e. The molecule has 0 saturated carbocycles. The summed E-state index contributed by atoms with van der Waals surface area (Å²) in [5, 5.41) is 11.8. The zero-order valence-corrected chi connectivity index (χ0v) is 12.2. The number of rotatable bonds is 3. The quantitative estimate of drug-likeness (QED) is 0.805. The van der Waals surface area contributed by atoms with Crippen molar-refractivity contribution < 1.29 is 0 Å². The third-order valence-corrected chi connectivity index (χ3v) is 3.88. The minimum atomic E-state index is 0.723. The van der Waals surface area contributed by atoms with Gasteiger partial charge in [-0.1, -0.05) is 41.6 Å². The Morgan fingerprint density at radius 1 is 1.05 bits per heavy atom. The van der Waals surface area contributed by atoms with Crippen LogP contribution in [-0.4, -0.2) is 33.9 Å². The van der Waals surface area contributed by atoms with Crippen LogP contribution in [0.1, 0.15) is 17.5 Å². The molecule has 0 unspecified atom stereocenters. The first kappa shape index (κ1) is 13.0. The smallest absolute Gasteiger partial charge is 0.128 e. The van der Waals surface area contributed by atoms with E-state index < -0.39 is 0 Å². The highest BCUT2D eigenvalue weighted by Crippen LogP contribution is 2.13. The van der Waals surface area contributed by atoms with Gasteiger partial charge < -0.3 is 5.32 Å². The Hall–Kier alpha value is -2.69. The molecule has 0 atom stereocenters. The normalized spacial score (nSPS) is 14.6. The standard InChI is InChI=1S/C17H17N5/c1-2-5-16-15(4-1)20-21-22(16)12-13-6-8-14(9-7-13)17-18-10-3-11-19-17/h1-2,4-9H,3,10-12H2,(H,18,19). The molecule has 0 amide bonds. The van der Waals surface area contributed by atoms with Gasteiger partial charge in [0.25, 0.3) is 0 Å². The first-order chi connectivity index (χ1) is 10.9. The summed E-state index contributed by atoms with van der Waals surface area (Å²) in [5.74, 6) is 1.00. The molecule has 0 saturated heterocycles. The molecule has 0 spiro atoms. The molecule has 110 valence electrons. The van der Waals surface area contributed by atoms with Crippen molar-refractivity contribution in [2.75, 3.05) is 13.1 Å². The second-order valence-corrected chi connectivity index (χ2v) is 5.44. The van der Waals surface area contributed by atoms with E-state index in [1.54, 1.807) is 0 Å². The van der Waals surface area contributed by atoms with Crippen LogP contribution >= 0.6 is 0 Å². The predicted octanol–water partition coefficient (Wildman–Crippen LogP) is 2.22. The molecule has 0 aliphatic carbocycles. The van der Waals surface area contributed by atoms with E-state index >= 15 is 0 Å². The molecule has 1 N–H and O–H groups in total. The highest BCUT2D eigenvalue weighted by atomic mass is 15.4. The maximum absolute atomic E-state index is 4.52. The Morgan fingerprint density at radius 2 is 1.91 bits per heavy atom. The molecule has 2 aromatic carbocycles. The Kier molecular flexibility index (Phi) is 3.31. The number of para-hydroxylation sites is 1. The summed E-state index contributed by atoms with van der Waals surface area (Å²) in [6.45, 7) is 2.64. The lowest BCUT2D eigenvalue weighted by Crippen LogP contribution is -2.30. The van der Waals surface area contributed by atoms with Gasteiger partial charge in [-0.3, -0.25) is 4.99 Å². The molecule has 1 aliphatic heterocycles. The van der Waals surface area contributed by atoms with Crippen molar-refractivity contribution >= 4 is 16.9 Å². The molecular weight excluding hydrogens is 274 g/mol. The Morgan fingerprint density at radius 3 is 2.73 bits per heavy atom. The van der Waals surface area contributed by atoms with Crippen LogP contribution in [0.3, 0.4) is 0 Å². The summed E-state index contributed by atoms with van der Waals surface area (Å²) in [4.78, 5) is 4.52. The van der Waals surface area contributed by atoms with Crippen LogP contribution < -0.4 is 5.32 Å².